The average molecular weight is 386 g/mol. The van der Waals surface area contributed by atoms with E-state index in [1.54, 1.807) is 0 Å². The molecule has 148 valence electrons. The number of anilines is 1. The van der Waals surface area contributed by atoms with Gasteiger partial charge in [0, 0.05) is 31.9 Å². The molecule has 0 atom stereocenters. The van der Waals surface area contributed by atoms with Gasteiger partial charge in [-0.3, -0.25) is 0 Å². The zero-order chi connectivity index (χ0) is 20.1. The Balaban J connectivity index is 1.49. The molecule has 4 nitrogen and oxygen atoms in total. The van der Waals surface area contributed by atoms with Gasteiger partial charge in [-0.25, -0.2) is 4.98 Å². The topological polar surface area (TPSA) is 30.3 Å². The Bertz CT molecular complexity index is 1050. The second-order valence-electron chi connectivity index (χ2n) is 7.39. The van der Waals surface area contributed by atoms with Gasteiger partial charge in [0.05, 0.1) is 17.6 Å². The molecule has 0 aliphatic carbocycles. The number of imidazole rings is 1. The standard InChI is InChI=1S/C25H27N3O/c1-27(2)21-16-14-20(15-17-21)25-26-23-12-6-7-13-24(23)28(25)18-8-9-19-29-22-10-4-3-5-11-22/h3-7,10-17H,8-9,18-19H2,1-2H3. The fraction of sp³-hybridized carbons (Fsp3) is 0.240. The molecule has 0 N–H and O–H groups in total. The number of fused-ring (bicyclic) bond motifs is 1. The van der Waals surface area contributed by atoms with Crippen molar-refractivity contribution in [3.8, 4) is 17.1 Å². The van der Waals surface area contributed by atoms with E-state index in [9.17, 15) is 0 Å². The van der Waals surface area contributed by atoms with Crippen LogP contribution in [0.4, 0.5) is 5.69 Å². The molecule has 0 aliphatic rings. The molecular formula is C25H27N3O. The summed E-state index contributed by atoms with van der Waals surface area (Å²) < 4.78 is 8.17. The summed E-state index contributed by atoms with van der Waals surface area (Å²) in [5.41, 5.74) is 4.56. The number of para-hydroxylation sites is 3. The Hall–Kier alpha value is -3.27. The first-order valence-electron chi connectivity index (χ1n) is 10.1. The van der Waals surface area contributed by atoms with Crippen LogP contribution in [0, 0.1) is 0 Å². The number of hydrogen-bond acceptors (Lipinski definition) is 3. The fourth-order valence-electron chi connectivity index (χ4n) is 3.51. The summed E-state index contributed by atoms with van der Waals surface area (Å²) in [4.78, 5) is 7.03. The van der Waals surface area contributed by atoms with Crippen LogP contribution in [0.25, 0.3) is 22.4 Å². The fourth-order valence-corrected chi connectivity index (χ4v) is 3.51. The molecule has 0 radical (unpaired) electrons. The maximum atomic E-state index is 5.83. The second kappa shape index (κ2) is 8.82. The highest BCUT2D eigenvalue weighted by Crippen LogP contribution is 2.27. The molecule has 3 aromatic carbocycles. The zero-order valence-corrected chi connectivity index (χ0v) is 17.1. The lowest BCUT2D eigenvalue weighted by Crippen LogP contribution is -2.08. The lowest BCUT2D eigenvalue weighted by Gasteiger charge is -2.13. The SMILES string of the molecule is CN(C)c1ccc(-c2nc3ccccc3n2CCCCOc2ccccc2)cc1. The molecule has 0 saturated carbocycles. The number of benzene rings is 3. The van der Waals surface area contributed by atoms with Gasteiger partial charge in [0.2, 0.25) is 0 Å². The lowest BCUT2D eigenvalue weighted by atomic mass is 10.2. The molecule has 0 spiro atoms. The van der Waals surface area contributed by atoms with Crippen LogP contribution in [0.5, 0.6) is 5.75 Å². The van der Waals surface area contributed by atoms with Gasteiger partial charge in [-0.05, 0) is 61.4 Å². The molecule has 1 heterocycles. The van der Waals surface area contributed by atoms with Gasteiger partial charge in [-0.2, -0.15) is 0 Å². The van der Waals surface area contributed by atoms with E-state index in [0.29, 0.717) is 0 Å². The van der Waals surface area contributed by atoms with Crippen LogP contribution in [0.3, 0.4) is 0 Å². The van der Waals surface area contributed by atoms with Crippen molar-refractivity contribution in [1.82, 2.24) is 9.55 Å². The van der Waals surface area contributed by atoms with Gasteiger partial charge in [-0.1, -0.05) is 30.3 Å². The molecule has 4 aromatic rings. The number of nitrogens with zero attached hydrogens (tertiary/aromatic N) is 3. The van der Waals surface area contributed by atoms with Gasteiger partial charge >= 0.3 is 0 Å². The van der Waals surface area contributed by atoms with Crippen molar-refractivity contribution in [2.45, 2.75) is 19.4 Å². The van der Waals surface area contributed by atoms with Crippen molar-refractivity contribution >= 4 is 16.7 Å². The molecule has 0 unspecified atom stereocenters. The largest absolute Gasteiger partial charge is 0.494 e. The number of aryl methyl sites for hydroxylation is 1. The summed E-state index contributed by atoms with van der Waals surface area (Å²) in [5, 5.41) is 0. The number of hydrogen-bond donors (Lipinski definition) is 0. The van der Waals surface area contributed by atoms with E-state index in [1.807, 2.05) is 36.4 Å². The van der Waals surface area contributed by atoms with E-state index < -0.39 is 0 Å². The quantitative estimate of drug-likeness (QED) is 0.368. The molecule has 0 saturated heterocycles. The molecular weight excluding hydrogens is 358 g/mol. The molecule has 0 aliphatic heterocycles. The van der Waals surface area contributed by atoms with Crippen molar-refractivity contribution < 1.29 is 4.74 Å². The van der Waals surface area contributed by atoms with E-state index in [1.165, 1.54) is 11.2 Å². The van der Waals surface area contributed by atoms with Crippen molar-refractivity contribution in [3.05, 3.63) is 78.9 Å². The molecule has 0 fully saturated rings. The summed E-state index contributed by atoms with van der Waals surface area (Å²) in [6.45, 7) is 1.65. The van der Waals surface area contributed by atoms with Crippen molar-refractivity contribution in [2.75, 3.05) is 25.6 Å². The highest BCUT2D eigenvalue weighted by atomic mass is 16.5. The molecule has 4 rings (SSSR count). The van der Waals surface area contributed by atoms with E-state index in [2.05, 4.69) is 66.0 Å². The molecule has 4 heteroatoms. The van der Waals surface area contributed by atoms with Gasteiger partial charge in [0.25, 0.3) is 0 Å². The van der Waals surface area contributed by atoms with E-state index in [0.717, 1.165) is 48.6 Å². The Morgan fingerprint density at radius 1 is 0.828 bits per heavy atom. The smallest absolute Gasteiger partial charge is 0.141 e. The summed E-state index contributed by atoms with van der Waals surface area (Å²) in [7, 11) is 4.11. The van der Waals surface area contributed by atoms with Gasteiger partial charge < -0.3 is 14.2 Å². The summed E-state index contributed by atoms with van der Waals surface area (Å²) >= 11 is 0. The maximum absolute atomic E-state index is 5.83. The zero-order valence-electron chi connectivity index (χ0n) is 17.1. The summed E-state index contributed by atoms with van der Waals surface area (Å²) in [6, 6.07) is 27.0. The Kier molecular flexibility index (Phi) is 5.80. The van der Waals surface area contributed by atoms with E-state index >= 15 is 0 Å². The number of aromatic nitrogens is 2. The van der Waals surface area contributed by atoms with Crippen LogP contribution in [0.15, 0.2) is 78.9 Å². The number of rotatable bonds is 8. The monoisotopic (exact) mass is 385 g/mol. The Labute approximate surface area is 172 Å². The Morgan fingerprint density at radius 3 is 2.31 bits per heavy atom. The minimum atomic E-state index is 0.726. The van der Waals surface area contributed by atoms with Crippen LogP contribution in [-0.2, 0) is 6.54 Å². The minimum absolute atomic E-state index is 0.726. The van der Waals surface area contributed by atoms with Crippen molar-refractivity contribution in [3.63, 3.8) is 0 Å². The van der Waals surface area contributed by atoms with Gasteiger partial charge in [-0.15, -0.1) is 0 Å². The molecule has 0 amide bonds. The highest BCUT2D eigenvalue weighted by molar-refractivity contribution is 5.80. The number of unbranched alkanes of at least 4 members (excludes halogenated alkanes) is 1. The second-order valence-corrected chi connectivity index (χ2v) is 7.39. The van der Waals surface area contributed by atoms with Crippen LogP contribution < -0.4 is 9.64 Å². The first-order valence-corrected chi connectivity index (χ1v) is 10.1. The highest BCUT2D eigenvalue weighted by Gasteiger charge is 2.12. The van der Waals surface area contributed by atoms with Crippen molar-refractivity contribution in [1.29, 1.82) is 0 Å². The van der Waals surface area contributed by atoms with Crippen LogP contribution >= 0.6 is 0 Å². The van der Waals surface area contributed by atoms with E-state index in [-0.39, 0.29) is 0 Å². The summed E-state index contributed by atoms with van der Waals surface area (Å²) in [6.07, 6.45) is 2.04. The maximum Gasteiger partial charge on any atom is 0.141 e. The predicted octanol–water partition coefficient (Wildman–Crippen LogP) is 5.63. The summed E-state index contributed by atoms with van der Waals surface area (Å²) in [5.74, 6) is 1.96. The molecule has 0 bridgehead atoms. The van der Waals surface area contributed by atoms with Gasteiger partial charge in [0.1, 0.15) is 11.6 Å². The average Bonchev–Trinajstić information content (AvgIpc) is 3.13. The van der Waals surface area contributed by atoms with Crippen LogP contribution in [-0.4, -0.2) is 30.3 Å². The van der Waals surface area contributed by atoms with E-state index in [4.69, 9.17) is 9.72 Å². The minimum Gasteiger partial charge on any atom is -0.494 e. The molecule has 1 aromatic heterocycles. The van der Waals surface area contributed by atoms with Crippen LogP contribution in [0.1, 0.15) is 12.8 Å². The third-order valence-electron chi connectivity index (χ3n) is 5.08. The first-order chi connectivity index (χ1) is 14.2. The third-order valence-corrected chi connectivity index (χ3v) is 5.08. The molecule has 29 heavy (non-hydrogen) atoms. The van der Waals surface area contributed by atoms with Crippen LogP contribution in [0.2, 0.25) is 0 Å². The number of ether oxygens (including phenoxy) is 1. The normalized spacial score (nSPS) is 11.0. The predicted molar refractivity (Wildman–Crippen MR) is 121 cm³/mol. The van der Waals surface area contributed by atoms with Crippen molar-refractivity contribution in [2.24, 2.45) is 0 Å². The van der Waals surface area contributed by atoms with Gasteiger partial charge in [0.15, 0.2) is 0 Å². The lowest BCUT2D eigenvalue weighted by molar-refractivity contribution is 0.303. The Morgan fingerprint density at radius 2 is 1.55 bits per heavy atom. The first kappa shape index (κ1) is 19.1. The third kappa shape index (κ3) is 4.43.